The van der Waals surface area contributed by atoms with Crippen LogP contribution in [-0.4, -0.2) is 58.6 Å². The van der Waals surface area contributed by atoms with Crippen molar-refractivity contribution >= 4 is 21.9 Å². The lowest BCUT2D eigenvalue weighted by atomic mass is 9.85. The van der Waals surface area contributed by atoms with Gasteiger partial charge in [0.15, 0.2) is 5.65 Å². The van der Waals surface area contributed by atoms with Gasteiger partial charge in [0.05, 0.1) is 24.5 Å². The predicted octanol–water partition coefficient (Wildman–Crippen LogP) is 5.59. The predicted molar refractivity (Wildman–Crippen MR) is 138 cm³/mol. The Bertz CT molecular complexity index is 1380. The number of piperidine rings is 2. The number of aromatic amines is 1. The van der Waals surface area contributed by atoms with Crippen LogP contribution in [0.1, 0.15) is 37.2 Å². The lowest BCUT2D eigenvalue weighted by Crippen LogP contribution is -2.56. The van der Waals surface area contributed by atoms with E-state index in [1.54, 1.807) is 0 Å². The standard InChI is InChI=1S/C28H30F3N5O2/c29-28(30,31)38-21-5-3-20(4-6-21)37-17-19-2-1-11-34-27(19)36-14-9-18(10-15-36)22-7-12-32-24-16-35-26-23(25(22)24)8-13-33-26/h3-8,12-13,16,18-19,27,32,34H,1-2,9-11,14-15,17H2. The molecule has 2 N–H and O–H groups in total. The molecule has 0 bridgehead atoms. The topological polar surface area (TPSA) is 75.3 Å². The van der Waals surface area contributed by atoms with Gasteiger partial charge in [0.25, 0.3) is 0 Å². The van der Waals surface area contributed by atoms with Gasteiger partial charge in [-0.2, -0.15) is 0 Å². The first-order chi connectivity index (χ1) is 18.4. The number of H-pyrrole nitrogens is 1. The van der Waals surface area contributed by atoms with Gasteiger partial charge in [-0.25, -0.2) is 9.97 Å². The molecule has 38 heavy (non-hydrogen) atoms. The van der Waals surface area contributed by atoms with Crippen molar-refractivity contribution in [1.82, 2.24) is 25.2 Å². The molecule has 3 aromatic heterocycles. The minimum Gasteiger partial charge on any atom is -0.493 e. The van der Waals surface area contributed by atoms with Crippen LogP contribution >= 0.6 is 0 Å². The van der Waals surface area contributed by atoms with Gasteiger partial charge < -0.3 is 19.8 Å². The summed E-state index contributed by atoms with van der Waals surface area (Å²) >= 11 is 0. The van der Waals surface area contributed by atoms with Crippen molar-refractivity contribution < 1.29 is 22.6 Å². The third-order valence-electron chi connectivity index (χ3n) is 7.76. The SMILES string of the molecule is FC(F)(F)Oc1ccc(OCC2CCCNC2N2CCC(c3cc[nH]c4cnc5nccc5c34)CC2)cc1. The van der Waals surface area contributed by atoms with Gasteiger partial charge in [-0.05, 0) is 80.1 Å². The monoisotopic (exact) mass is 525 g/mol. The summed E-state index contributed by atoms with van der Waals surface area (Å²) in [6.07, 6.45) is 5.44. The van der Waals surface area contributed by atoms with E-state index in [-0.39, 0.29) is 11.9 Å². The molecule has 0 radical (unpaired) electrons. The van der Waals surface area contributed by atoms with Crippen molar-refractivity contribution in [3.8, 4) is 11.5 Å². The number of hydrogen-bond donors (Lipinski definition) is 2. The number of fused-ring (bicyclic) bond motifs is 3. The third-order valence-corrected chi connectivity index (χ3v) is 7.76. The van der Waals surface area contributed by atoms with E-state index in [0.717, 1.165) is 61.9 Å². The number of hydrogen-bond acceptors (Lipinski definition) is 6. The molecule has 5 heterocycles. The van der Waals surface area contributed by atoms with Gasteiger partial charge in [-0.1, -0.05) is 0 Å². The summed E-state index contributed by atoms with van der Waals surface area (Å²) in [5.41, 5.74) is 3.18. The Hall–Kier alpha value is -3.37. The first kappa shape index (κ1) is 24.9. The molecule has 2 saturated heterocycles. The molecule has 2 aliphatic heterocycles. The number of likely N-dealkylation sites (tertiary alicyclic amines) is 1. The van der Waals surface area contributed by atoms with Gasteiger partial charge in [-0.15, -0.1) is 13.2 Å². The maximum absolute atomic E-state index is 12.4. The number of alkyl halides is 3. The van der Waals surface area contributed by atoms with Crippen molar-refractivity contribution in [1.29, 1.82) is 0 Å². The summed E-state index contributed by atoms with van der Waals surface area (Å²) in [6, 6.07) is 9.86. The second kappa shape index (κ2) is 10.4. The lowest BCUT2D eigenvalue weighted by Gasteiger charge is -2.43. The normalized spacial score (nSPS) is 21.7. The number of nitrogens with zero attached hydrogens (tertiary/aromatic N) is 3. The molecular formula is C28H30F3N5O2. The number of benzene rings is 1. The van der Waals surface area contributed by atoms with Gasteiger partial charge in [-0.3, -0.25) is 4.90 Å². The maximum Gasteiger partial charge on any atom is 0.573 e. The minimum absolute atomic E-state index is 0.216. The van der Waals surface area contributed by atoms with Gasteiger partial charge in [0, 0.05) is 42.2 Å². The average Bonchev–Trinajstić information content (AvgIpc) is 3.41. The van der Waals surface area contributed by atoms with E-state index >= 15 is 0 Å². The number of nitrogens with one attached hydrogen (secondary N) is 2. The van der Waals surface area contributed by atoms with E-state index in [4.69, 9.17) is 4.74 Å². The Labute approximate surface area is 218 Å². The number of rotatable bonds is 6. The smallest absolute Gasteiger partial charge is 0.493 e. The number of ether oxygens (including phenoxy) is 2. The molecule has 2 unspecified atom stereocenters. The summed E-state index contributed by atoms with van der Waals surface area (Å²) in [4.78, 5) is 14.7. The Kier molecular flexibility index (Phi) is 6.84. The molecule has 0 amide bonds. The molecule has 0 spiro atoms. The molecule has 10 heteroatoms. The lowest BCUT2D eigenvalue weighted by molar-refractivity contribution is -0.274. The molecule has 2 atom stereocenters. The quantitative estimate of drug-likeness (QED) is 0.342. The molecule has 0 aliphatic carbocycles. The minimum atomic E-state index is -4.70. The molecular weight excluding hydrogens is 495 g/mol. The van der Waals surface area contributed by atoms with E-state index in [0.29, 0.717) is 24.2 Å². The zero-order valence-corrected chi connectivity index (χ0v) is 20.9. The van der Waals surface area contributed by atoms with E-state index in [2.05, 4.69) is 36.0 Å². The highest BCUT2D eigenvalue weighted by Crippen LogP contribution is 2.36. The fourth-order valence-electron chi connectivity index (χ4n) is 5.99. The molecule has 0 saturated carbocycles. The zero-order chi connectivity index (χ0) is 26.1. The van der Waals surface area contributed by atoms with Crippen LogP contribution in [0.5, 0.6) is 11.5 Å². The van der Waals surface area contributed by atoms with Gasteiger partial charge >= 0.3 is 6.36 Å². The van der Waals surface area contributed by atoms with Crippen molar-refractivity contribution in [2.45, 2.75) is 44.1 Å². The van der Waals surface area contributed by atoms with Gasteiger partial charge in [0.1, 0.15) is 11.5 Å². The largest absolute Gasteiger partial charge is 0.573 e. The van der Waals surface area contributed by atoms with Crippen molar-refractivity contribution in [3.05, 3.63) is 60.6 Å². The Morgan fingerprint density at radius 1 is 0.974 bits per heavy atom. The van der Waals surface area contributed by atoms with E-state index < -0.39 is 6.36 Å². The second-order valence-corrected chi connectivity index (χ2v) is 10.1. The highest BCUT2D eigenvalue weighted by atomic mass is 19.4. The van der Waals surface area contributed by atoms with Crippen LogP contribution in [0.2, 0.25) is 0 Å². The first-order valence-corrected chi connectivity index (χ1v) is 13.1. The summed E-state index contributed by atoms with van der Waals surface area (Å²) in [7, 11) is 0. The van der Waals surface area contributed by atoms with Crippen LogP contribution in [0.4, 0.5) is 13.2 Å². The van der Waals surface area contributed by atoms with Crippen LogP contribution in [0.25, 0.3) is 21.9 Å². The summed E-state index contributed by atoms with van der Waals surface area (Å²) in [5, 5.41) is 6.02. The molecule has 7 nitrogen and oxygen atoms in total. The van der Waals surface area contributed by atoms with E-state index in [1.165, 1.54) is 35.2 Å². The number of aromatic nitrogens is 3. The van der Waals surface area contributed by atoms with E-state index in [1.807, 2.05) is 24.7 Å². The maximum atomic E-state index is 12.4. The molecule has 200 valence electrons. The van der Waals surface area contributed by atoms with Crippen LogP contribution in [0, 0.1) is 5.92 Å². The summed E-state index contributed by atoms with van der Waals surface area (Å²) in [5.74, 6) is 1.04. The second-order valence-electron chi connectivity index (χ2n) is 10.1. The third kappa shape index (κ3) is 5.28. The molecule has 2 aliphatic rings. The molecule has 1 aromatic carbocycles. The fourth-order valence-corrected chi connectivity index (χ4v) is 5.99. The molecule has 6 rings (SSSR count). The van der Waals surface area contributed by atoms with Gasteiger partial charge in [0.2, 0.25) is 0 Å². The Balaban J connectivity index is 1.10. The molecule has 2 fully saturated rings. The zero-order valence-electron chi connectivity index (χ0n) is 20.9. The first-order valence-electron chi connectivity index (χ1n) is 13.1. The van der Waals surface area contributed by atoms with Crippen molar-refractivity contribution in [2.24, 2.45) is 5.92 Å². The highest BCUT2D eigenvalue weighted by molar-refractivity contribution is 6.05. The number of halogens is 3. The van der Waals surface area contributed by atoms with Crippen LogP contribution in [-0.2, 0) is 0 Å². The number of pyridine rings is 2. The Morgan fingerprint density at radius 3 is 2.55 bits per heavy atom. The van der Waals surface area contributed by atoms with Crippen LogP contribution < -0.4 is 14.8 Å². The fraction of sp³-hybridized carbons (Fsp3) is 0.429. The van der Waals surface area contributed by atoms with E-state index in [9.17, 15) is 13.2 Å². The Morgan fingerprint density at radius 2 is 1.76 bits per heavy atom. The molecule has 4 aromatic rings. The van der Waals surface area contributed by atoms with Crippen LogP contribution in [0.15, 0.2) is 55.0 Å². The summed E-state index contributed by atoms with van der Waals surface area (Å²) < 4.78 is 47.2. The highest BCUT2D eigenvalue weighted by Gasteiger charge is 2.34. The summed E-state index contributed by atoms with van der Waals surface area (Å²) in [6.45, 7) is 3.44. The van der Waals surface area contributed by atoms with Crippen molar-refractivity contribution in [2.75, 3.05) is 26.2 Å². The van der Waals surface area contributed by atoms with Crippen molar-refractivity contribution in [3.63, 3.8) is 0 Å². The van der Waals surface area contributed by atoms with Crippen LogP contribution in [0.3, 0.4) is 0 Å². The average molecular weight is 526 g/mol.